The van der Waals surface area contributed by atoms with Crippen LogP contribution in [0, 0.1) is 5.82 Å². The van der Waals surface area contributed by atoms with E-state index in [0.717, 1.165) is 5.56 Å². The first-order valence-electron chi connectivity index (χ1n) is 5.60. The fraction of sp³-hybridized carbons (Fsp3) is 0.231. The minimum Gasteiger partial charge on any atom is -0.469 e. The van der Waals surface area contributed by atoms with E-state index in [0.29, 0.717) is 10.2 Å². The first kappa shape index (κ1) is 13.7. The van der Waals surface area contributed by atoms with E-state index in [9.17, 15) is 9.18 Å². The third kappa shape index (κ3) is 2.84. The molecule has 1 heterocycles. The van der Waals surface area contributed by atoms with Crippen molar-refractivity contribution in [2.24, 2.45) is 0 Å². The molecule has 0 saturated carbocycles. The first-order valence-corrected chi connectivity index (χ1v) is 6.40. The molecule has 1 atom stereocenters. The molecule has 2 aromatic rings. The highest BCUT2D eigenvalue weighted by Crippen LogP contribution is 2.21. The van der Waals surface area contributed by atoms with E-state index in [-0.39, 0.29) is 17.7 Å². The van der Waals surface area contributed by atoms with Gasteiger partial charge in [0.25, 0.3) is 0 Å². The molecule has 0 saturated heterocycles. The van der Waals surface area contributed by atoms with E-state index in [1.807, 2.05) is 0 Å². The van der Waals surface area contributed by atoms with Crippen molar-refractivity contribution in [3.63, 3.8) is 0 Å². The van der Waals surface area contributed by atoms with Crippen LogP contribution >= 0.6 is 15.9 Å². The van der Waals surface area contributed by atoms with Gasteiger partial charge in [-0.05, 0) is 41.1 Å². The lowest BCUT2D eigenvalue weighted by Gasteiger charge is -2.06. The molecule has 1 aromatic heterocycles. The van der Waals surface area contributed by atoms with Crippen LogP contribution in [-0.2, 0) is 9.53 Å². The SMILES string of the molecule is COC(=O)C(C)c1cnn(-c2ccc(F)c(Br)c2)c1. The maximum absolute atomic E-state index is 13.2. The van der Waals surface area contributed by atoms with Crippen molar-refractivity contribution in [1.29, 1.82) is 0 Å². The molecular formula is C13H12BrFN2O2. The Hall–Kier alpha value is -1.69. The minimum atomic E-state index is -0.386. The lowest BCUT2D eigenvalue weighted by molar-refractivity contribution is -0.141. The van der Waals surface area contributed by atoms with Crippen molar-refractivity contribution in [2.75, 3.05) is 7.11 Å². The molecule has 2 rings (SSSR count). The van der Waals surface area contributed by atoms with Crippen LogP contribution in [0.15, 0.2) is 35.1 Å². The quantitative estimate of drug-likeness (QED) is 0.814. The van der Waals surface area contributed by atoms with E-state index < -0.39 is 0 Å². The lowest BCUT2D eigenvalue weighted by atomic mass is 10.1. The Labute approximate surface area is 118 Å². The minimum absolute atomic E-state index is 0.320. The Morgan fingerprint density at radius 1 is 1.53 bits per heavy atom. The highest BCUT2D eigenvalue weighted by Gasteiger charge is 2.17. The summed E-state index contributed by atoms with van der Waals surface area (Å²) >= 11 is 3.12. The number of esters is 1. The largest absolute Gasteiger partial charge is 0.469 e. The molecule has 0 N–H and O–H groups in total. The van der Waals surface area contributed by atoms with Gasteiger partial charge >= 0.3 is 5.97 Å². The summed E-state index contributed by atoms with van der Waals surface area (Å²) in [6, 6.07) is 4.58. The molecule has 0 radical (unpaired) electrons. The number of nitrogens with zero attached hydrogens (tertiary/aromatic N) is 2. The summed E-state index contributed by atoms with van der Waals surface area (Å²) in [5, 5.41) is 4.16. The van der Waals surface area contributed by atoms with Gasteiger partial charge in [0.15, 0.2) is 0 Å². The lowest BCUT2D eigenvalue weighted by Crippen LogP contribution is -2.10. The van der Waals surface area contributed by atoms with Gasteiger partial charge in [0.1, 0.15) is 5.82 Å². The van der Waals surface area contributed by atoms with Gasteiger partial charge < -0.3 is 4.74 Å². The maximum atomic E-state index is 13.2. The standard InChI is InChI=1S/C13H12BrFN2O2/c1-8(13(18)19-2)9-6-16-17(7-9)10-3-4-12(15)11(14)5-10/h3-8H,1-2H3. The first-order chi connectivity index (χ1) is 9.02. The summed E-state index contributed by atoms with van der Waals surface area (Å²) < 4.78 is 19.8. The van der Waals surface area contributed by atoms with Crippen LogP contribution in [-0.4, -0.2) is 22.9 Å². The number of rotatable bonds is 3. The van der Waals surface area contributed by atoms with Gasteiger partial charge in [-0.1, -0.05) is 0 Å². The second-order valence-electron chi connectivity index (χ2n) is 4.06. The topological polar surface area (TPSA) is 44.1 Å². The van der Waals surface area contributed by atoms with Crippen LogP contribution in [0.1, 0.15) is 18.4 Å². The average Bonchev–Trinajstić information content (AvgIpc) is 2.89. The number of hydrogen-bond donors (Lipinski definition) is 0. The van der Waals surface area contributed by atoms with Crippen LogP contribution < -0.4 is 0 Å². The fourth-order valence-corrected chi connectivity index (χ4v) is 2.01. The number of hydrogen-bond acceptors (Lipinski definition) is 3. The van der Waals surface area contributed by atoms with Crippen molar-refractivity contribution < 1.29 is 13.9 Å². The molecule has 0 amide bonds. The van der Waals surface area contributed by atoms with Crippen molar-refractivity contribution in [3.8, 4) is 5.69 Å². The van der Waals surface area contributed by atoms with Crippen LogP contribution in [0.25, 0.3) is 5.69 Å². The molecule has 0 spiro atoms. The highest BCUT2D eigenvalue weighted by atomic mass is 79.9. The third-order valence-electron chi connectivity index (χ3n) is 2.83. The molecule has 4 nitrogen and oxygen atoms in total. The average molecular weight is 327 g/mol. The molecule has 19 heavy (non-hydrogen) atoms. The molecule has 0 aliphatic rings. The Kier molecular flexibility index (Phi) is 3.99. The molecule has 6 heteroatoms. The number of ether oxygens (including phenoxy) is 1. The van der Waals surface area contributed by atoms with Crippen LogP contribution in [0.5, 0.6) is 0 Å². The van der Waals surface area contributed by atoms with Gasteiger partial charge in [-0.2, -0.15) is 5.10 Å². The van der Waals surface area contributed by atoms with E-state index in [1.165, 1.54) is 13.2 Å². The summed E-state index contributed by atoms with van der Waals surface area (Å²) in [4.78, 5) is 11.4. The second-order valence-corrected chi connectivity index (χ2v) is 4.92. The van der Waals surface area contributed by atoms with Crippen LogP contribution in [0.4, 0.5) is 4.39 Å². The zero-order valence-electron chi connectivity index (χ0n) is 10.4. The van der Waals surface area contributed by atoms with Gasteiger partial charge in [-0.3, -0.25) is 4.79 Å². The summed E-state index contributed by atoms with van der Waals surface area (Å²) in [5.41, 5.74) is 1.45. The molecule has 1 aromatic carbocycles. The summed E-state index contributed by atoms with van der Waals surface area (Å²) in [5.74, 6) is -1.04. The number of halogens is 2. The molecule has 100 valence electrons. The van der Waals surface area contributed by atoms with Gasteiger partial charge in [0.05, 0.1) is 29.4 Å². The zero-order chi connectivity index (χ0) is 14.0. The number of methoxy groups -OCH3 is 1. The molecule has 0 bridgehead atoms. The predicted molar refractivity (Wildman–Crippen MR) is 71.7 cm³/mol. The van der Waals surface area contributed by atoms with E-state index in [2.05, 4.69) is 25.8 Å². The van der Waals surface area contributed by atoms with E-state index in [1.54, 1.807) is 36.1 Å². The van der Waals surface area contributed by atoms with Crippen molar-refractivity contribution in [3.05, 3.63) is 46.4 Å². The Morgan fingerprint density at radius 3 is 2.89 bits per heavy atom. The third-order valence-corrected chi connectivity index (χ3v) is 3.43. The number of carbonyl (C=O) groups is 1. The van der Waals surface area contributed by atoms with Gasteiger partial charge in [-0.25, -0.2) is 9.07 Å². The summed E-state index contributed by atoms with van der Waals surface area (Å²) in [6.45, 7) is 1.74. The van der Waals surface area contributed by atoms with Gasteiger partial charge in [-0.15, -0.1) is 0 Å². The van der Waals surface area contributed by atoms with E-state index >= 15 is 0 Å². The Morgan fingerprint density at radius 2 is 2.26 bits per heavy atom. The smallest absolute Gasteiger partial charge is 0.312 e. The van der Waals surface area contributed by atoms with Crippen LogP contribution in [0.2, 0.25) is 0 Å². The molecule has 0 aliphatic heterocycles. The number of carbonyl (C=O) groups excluding carboxylic acids is 1. The van der Waals surface area contributed by atoms with E-state index in [4.69, 9.17) is 0 Å². The molecule has 1 unspecified atom stereocenters. The predicted octanol–water partition coefficient (Wildman–Crippen LogP) is 3.05. The van der Waals surface area contributed by atoms with Crippen molar-refractivity contribution in [1.82, 2.24) is 9.78 Å². The van der Waals surface area contributed by atoms with Crippen LogP contribution in [0.3, 0.4) is 0 Å². The summed E-state index contributed by atoms with van der Waals surface area (Å²) in [7, 11) is 1.35. The second kappa shape index (κ2) is 5.52. The highest BCUT2D eigenvalue weighted by molar-refractivity contribution is 9.10. The maximum Gasteiger partial charge on any atom is 0.312 e. The van der Waals surface area contributed by atoms with Gasteiger partial charge in [0.2, 0.25) is 0 Å². The monoisotopic (exact) mass is 326 g/mol. The van der Waals surface area contributed by atoms with Gasteiger partial charge in [0, 0.05) is 11.8 Å². The number of benzene rings is 1. The molecule has 0 aliphatic carbocycles. The van der Waals surface area contributed by atoms with Crippen molar-refractivity contribution in [2.45, 2.75) is 12.8 Å². The molecule has 0 fully saturated rings. The van der Waals surface area contributed by atoms with Crippen molar-refractivity contribution >= 4 is 21.9 Å². The zero-order valence-corrected chi connectivity index (χ0v) is 12.0. The Balaban J connectivity index is 2.30. The fourth-order valence-electron chi connectivity index (χ4n) is 1.64. The normalized spacial score (nSPS) is 12.2. The Bertz CT molecular complexity index is 612. The summed E-state index contributed by atoms with van der Waals surface area (Å²) in [6.07, 6.45) is 3.32. The number of aromatic nitrogens is 2. The molecular weight excluding hydrogens is 315 g/mol.